The Morgan fingerprint density at radius 2 is 1.93 bits per heavy atom. The zero-order valence-corrected chi connectivity index (χ0v) is 14.8. The van der Waals surface area contributed by atoms with Crippen LogP contribution < -0.4 is 10.2 Å². The third-order valence-corrected chi connectivity index (χ3v) is 4.73. The van der Waals surface area contributed by atoms with Crippen molar-refractivity contribution in [2.24, 2.45) is 0 Å². The van der Waals surface area contributed by atoms with Crippen molar-refractivity contribution in [3.63, 3.8) is 0 Å². The van der Waals surface area contributed by atoms with Crippen LogP contribution in [0, 0.1) is 18.2 Å². The summed E-state index contributed by atoms with van der Waals surface area (Å²) in [5, 5.41) is 2.12. The lowest BCUT2D eigenvalue weighted by atomic mass is 10.0. The molecule has 0 spiro atoms. The zero-order valence-electron chi connectivity index (χ0n) is 14.8. The minimum absolute atomic E-state index is 0.0291. The third-order valence-electron chi connectivity index (χ3n) is 4.73. The normalized spacial score (nSPS) is 19.0. The van der Waals surface area contributed by atoms with Crippen LogP contribution in [0.5, 0.6) is 0 Å². The Hall–Kier alpha value is -3.21. The van der Waals surface area contributed by atoms with Gasteiger partial charge in [-0.25, -0.2) is 4.39 Å². The molecule has 4 amide bonds. The van der Waals surface area contributed by atoms with Crippen LogP contribution in [0.15, 0.2) is 12.1 Å². The van der Waals surface area contributed by atoms with Crippen molar-refractivity contribution in [2.75, 3.05) is 18.5 Å². The number of unbranched alkanes of at least 4 members (excludes halogenated alkanes) is 1. The van der Waals surface area contributed by atoms with Crippen molar-refractivity contribution < 1.29 is 23.6 Å². The monoisotopic (exact) mass is 371 g/mol. The molecule has 1 atom stereocenters. The van der Waals surface area contributed by atoms with E-state index in [1.165, 1.54) is 6.07 Å². The number of hydrogen-bond donors (Lipinski definition) is 1. The summed E-state index contributed by atoms with van der Waals surface area (Å²) in [7, 11) is 1.67. The number of carbonyl (C=O) groups excluding carboxylic acids is 4. The quantitative estimate of drug-likeness (QED) is 0.475. The number of anilines is 1. The highest BCUT2D eigenvalue weighted by Gasteiger charge is 2.45. The van der Waals surface area contributed by atoms with Gasteiger partial charge in [-0.05, 0) is 25.0 Å². The maximum absolute atomic E-state index is 14.5. The molecule has 2 aliphatic rings. The van der Waals surface area contributed by atoms with Gasteiger partial charge in [0.2, 0.25) is 11.8 Å². The largest absolute Gasteiger partial charge is 0.372 e. The van der Waals surface area contributed by atoms with E-state index in [-0.39, 0.29) is 29.7 Å². The molecule has 0 aliphatic carbocycles. The highest BCUT2D eigenvalue weighted by Crippen LogP contribution is 2.32. The predicted molar refractivity (Wildman–Crippen MR) is 94.4 cm³/mol. The molecule has 0 aromatic heterocycles. The highest BCUT2D eigenvalue weighted by molar-refractivity contribution is 6.23. The lowest BCUT2D eigenvalue weighted by Gasteiger charge is -2.27. The van der Waals surface area contributed by atoms with Crippen molar-refractivity contribution in [1.29, 1.82) is 0 Å². The number of carbonyl (C=O) groups is 4. The first-order valence-corrected chi connectivity index (χ1v) is 8.55. The van der Waals surface area contributed by atoms with Crippen LogP contribution in [0.25, 0.3) is 0 Å². The van der Waals surface area contributed by atoms with E-state index in [4.69, 9.17) is 6.42 Å². The third kappa shape index (κ3) is 3.28. The average molecular weight is 371 g/mol. The lowest BCUT2D eigenvalue weighted by Crippen LogP contribution is -2.54. The molecule has 1 aromatic carbocycles. The number of hydrogen-bond acceptors (Lipinski definition) is 5. The Labute approximate surface area is 155 Å². The van der Waals surface area contributed by atoms with Crippen molar-refractivity contribution in [2.45, 2.75) is 31.7 Å². The molecule has 1 N–H and O–H groups in total. The van der Waals surface area contributed by atoms with E-state index in [0.29, 0.717) is 19.4 Å². The van der Waals surface area contributed by atoms with Gasteiger partial charge in [-0.15, -0.1) is 12.3 Å². The van der Waals surface area contributed by atoms with Gasteiger partial charge >= 0.3 is 0 Å². The summed E-state index contributed by atoms with van der Waals surface area (Å²) in [4.78, 5) is 51.2. The summed E-state index contributed by atoms with van der Waals surface area (Å²) < 4.78 is 14.5. The fourth-order valence-corrected chi connectivity index (χ4v) is 3.31. The molecule has 1 unspecified atom stereocenters. The van der Waals surface area contributed by atoms with Crippen LogP contribution in [-0.2, 0) is 9.59 Å². The second-order valence-corrected chi connectivity index (χ2v) is 6.53. The fraction of sp³-hybridized carbons (Fsp3) is 0.368. The molecule has 1 fully saturated rings. The van der Waals surface area contributed by atoms with Gasteiger partial charge in [0, 0.05) is 26.4 Å². The SMILES string of the molecule is C#CCCCN(C)c1cc2c(cc1F)C(=O)N(C1CCC(=O)NC1=O)C2=O. The summed E-state index contributed by atoms with van der Waals surface area (Å²) >= 11 is 0. The van der Waals surface area contributed by atoms with Gasteiger partial charge in [0.25, 0.3) is 11.8 Å². The number of fused-ring (bicyclic) bond motifs is 1. The zero-order chi connectivity index (χ0) is 19.7. The van der Waals surface area contributed by atoms with Crippen LogP contribution in [0.3, 0.4) is 0 Å². The minimum atomic E-state index is -1.07. The van der Waals surface area contributed by atoms with E-state index in [1.54, 1.807) is 11.9 Å². The Morgan fingerprint density at radius 3 is 2.56 bits per heavy atom. The van der Waals surface area contributed by atoms with Crippen molar-refractivity contribution in [1.82, 2.24) is 10.2 Å². The predicted octanol–water partition coefficient (Wildman–Crippen LogP) is 1.08. The number of imide groups is 2. The molecule has 0 radical (unpaired) electrons. The molecule has 1 saturated heterocycles. The van der Waals surface area contributed by atoms with E-state index in [0.717, 1.165) is 11.0 Å². The van der Waals surface area contributed by atoms with Gasteiger partial charge in [0.1, 0.15) is 11.9 Å². The van der Waals surface area contributed by atoms with Crippen LogP contribution >= 0.6 is 0 Å². The Morgan fingerprint density at radius 1 is 1.26 bits per heavy atom. The summed E-state index contributed by atoms with van der Waals surface area (Å²) in [6, 6.07) is 1.27. The molecule has 8 heteroatoms. The van der Waals surface area contributed by atoms with E-state index in [1.807, 2.05) is 0 Å². The first-order chi connectivity index (χ1) is 12.8. The number of nitrogens with zero attached hydrogens (tertiary/aromatic N) is 2. The topological polar surface area (TPSA) is 86.8 Å². The number of benzene rings is 1. The molecule has 2 heterocycles. The maximum atomic E-state index is 14.5. The lowest BCUT2D eigenvalue weighted by molar-refractivity contribution is -0.136. The van der Waals surface area contributed by atoms with Crippen molar-refractivity contribution in [3.8, 4) is 12.3 Å². The van der Waals surface area contributed by atoms with Gasteiger partial charge in [-0.2, -0.15) is 0 Å². The number of terminal acetylenes is 1. The van der Waals surface area contributed by atoms with E-state index < -0.39 is 35.5 Å². The molecule has 0 bridgehead atoms. The molecular formula is C19H18FN3O4. The van der Waals surface area contributed by atoms with Crippen LogP contribution in [0.2, 0.25) is 0 Å². The molecule has 3 rings (SSSR count). The molecule has 27 heavy (non-hydrogen) atoms. The number of rotatable bonds is 5. The molecule has 2 aliphatic heterocycles. The molecule has 0 saturated carbocycles. The molecule has 140 valence electrons. The summed E-state index contributed by atoms with van der Waals surface area (Å²) in [5.41, 5.74) is 0.143. The van der Waals surface area contributed by atoms with Crippen LogP contribution in [0.1, 0.15) is 46.4 Å². The van der Waals surface area contributed by atoms with E-state index in [9.17, 15) is 23.6 Å². The molecule has 1 aromatic rings. The van der Waals surface area contributed by atoms with Gasteiger partial charge in [0.15, 0.2) is 0 Å². The van der Waals surface area contributed by atoms with Crippen LogP contribution in [-0.4, -0.2) is 48.2 Å². The Bertz CT molecular complexity index is 890. The van der Waals surface area contributed by atoms with E-state index in [2.05, 4.69) is 11.2 Å². The highest BCUT2D eigenvalue weighted by atomic mass is 19.1. The standard InChI is InChI=1S/C19H18FN3O4/c1-3-4-5-8-22(2)15-10-12-11(9-13(15)20)18(26)23(19(12)27)14-6-7-16(24)21-17(14)25/h1,9-10,14H,4-8H2,2H3,(H,21,24,25). The number of nitrogens with one attached hydrogen (secondary N) is 1. The van der Waals surface area contributed by atoms with Gasteiger partial charge < -0.3 is 4.90 Å². The fourth-order valence-electron chi connectivity index (χ4n) is 3.31. The van der Waals surface area contributed by atoms with Crippen molar-refractivity contribution >= 4 is 29.3 Å². The second-order valence-electron chi connectivity index (χ2n) is 6.53. The molecule has 7 nitrogen and oxygen atoms in total. The molecular weight excluding hydrogens is 353 g/mol. The smallest absolute Gasteiger partial charge is 0.262 e. The van der Waals surface area contributed by atoms with Gasteiger partial charge in [0.05, 0.1) is 16.8 Å². The summed E-state index contributed by atoms with van der Waals surface area (Å²) in [5.74, 6) is -0.676. The first kappa shape index (κ1) is 18.6. The van der Waals surface area contributed by atoms with E-state index >= 15 is 0 Å². The van der Waals surface area contributed by atoms with Gasteiger partial charge in [-0.1, -0.05) is 0 Å². The van der Waals surface area contributed by atoms with Crippen molar-refractivity contribution in [3.05, 3.63) is 29.1 Å². The number of halogens is 1. The average Bonchev–Trinajstić information content (AvgIpc) is 2.85. The van der Waals surface area contributed by atoms with Gasteiger partial charge in [-0.3, -0.25) is 29.4 Å². The number of piperidine rings is 1. The maximum Gasteiger partial charge on any atom is 0.262 e. The number of amides is 4. The first-order valence-electron chi connectivity index (χ1n) is 8.55. The minimum Gasteiger partial charge on any atom is -0.372 e. The summed E-state index contributed by atoms with van der Waals surface area (Å²) in [6.45, 7) is 0.485. The summed E-state index contributed by atoms with van der Waals surface area (Å²) in [6.07, 6.45) is 6.49. The Balaban J connectivity index is 1.89. The second kappa shape index (κ2) is 7.19. The van der Waals surface area contributed by atoms with Crippen LogP contribution in [0.4, 0.5) is 10.1 Å². The Kier molecular flexibility index (Phi) is 4.95.